The van der Waals surface area contributed by atoms with E-state index in [9.17, 15) is 0 Å². The second-order valence-electron chi connectivity index (χ2n) is 3.62. The molecule has 0 unspecified atom stereocenters. The van der Waals surface area contributed by atoms with E-state index in [4.69, 9.17) is 5.26 Å². The van der Waals surface area contributed by atoms with Crippen LogP contribution >= 0.6 is 22.7 Å². The van der Waals surface area contributed by atoms with Crippen LogP contribution in [0.4, 0.5) is 0 Å². The Morgan fingerprint density at radius 1 is 1.53 bits per heavy atom. The molecule has 4 heteroatoms. The van der Waals surface area contributed by atoms with Crippen LogP contribution in [0.25, 0.3) is 11.6 Å². The standard InChI is InChI=1S/C13H12N2S2/c1-3-11-4-5-12(17-11)6-10(7-14)13-15-9(2)8-16-13/h4-6,8H,3H2,1-2H3/b10-6-. The van der Waals surface area contributed by atoms with E-state index >= 15 is 0 Å². The van der Waals surface area contributed by atoms with Crippen molar-refractivity contribution in [3.05, 3.63) is 38.0 Å². The molecule has 0 amide bonds. The third-order valence-corrected chi connectivity index (χ3v) is 4.46. The molecule has 0 aromatic carbocycles. The van der Waals surface area contributed by atoms with Crippen LogP contribution in [0.3, 0.4) is 0 Å². The Balaban J connectivity index is 2.33. The number of thiophene rings is 1. The van der Waals surface area contributed by atoms with Crippen LogP contribution in [0.1, 0.15) is 27.4 Å². The Labute approximate surface area is 109 Å². The van der Waals surface area contributed by atoms with Gasteiger partial charge < -0.3 is 0 Å². The van der Waals surface area contributed by atoms with E-state index in [0.717, 1.165) is 22.0 Å². The van der Waals surface area contributed by atoms with Gasteiger partial charge in [0.25, 0.3) is 0 Å². The molecule has 0 saturated carbocycles. The summed E-state index contributed by atoms with van der Waals surface area (Å²) >= 11 is 3.24. The minimum absolute atomic E-state index is 0.646. The van der Waals surface area contributed by atoms with Gasteiger partial charge in [-0.1, -0.05) is 6.92 Å². The predicted molar refractivity (Wildman–Crippen MR) is 74.0 cm³/mol. The molecule has 2 heterocycles. The summed E-state index contributed by atoms with van der Waals surface area (Å²) in [6.07, 6.45) is 2.96. The maximum Gasteiger partial charge on any atom is 0.134 e. The van der Waals surface area contributed by atoms with Crippen LogP contribution in [-0.4, -0.2) is 4.98 Å². The van der Waals surface area contributed by atoms with Crippen molar-refractivity contribution in [2.45, 2.75) is 20.3 Å². The number of nitriles is 1. The number of rotatable bonds is 3. The highest BCUT2D eigenvalue weighted by atomic mass is 32.1. The zero-order chi connectivity index (χ0) is 12.3. The average Bonchev–Trinajstić information content (AvgIpc) is 2.94. The molecule has 0 aliphatic rings. The van der Waals surface area contributed by atoms with E-state index in [-0.39, 0.29) is 0 Å². The van der Waals surface area contributed by atoms with E-state index in [0.29, 0.717) is 5.57 Å². The first kappa shape index (κ1) is 12.0. The van der Waals surface area contributed by atoms with Gasteiger partial charge in [-0.15, -0.1) is 22.7 Å². The largest absolute Gasteiger partial charge is 0.241 e. The fourth-order valence-electron chi connectivity index (χ4n) is 1.42. The quantitative estimate of drug-likeness (QED) is 0.778. The second kappa shape index (κ2) is 5.26. The third-order valence-electron chi connectivity index (χ3n) is 2.29. The Bertz CT molecular complexity index is 585. The van der Waals surface area contributed by atoms with E-state index in [1.165, 1.54) is 16.2 Å². The zero-order valence-electron chi connectivity index (χ0n) is 9.73. The SMILES string of the molecule is CCc1ccc(/C=C(/C#N)c2nc(C)cs2)s1. The number of thiazole rings is 1. The van der Waals surface area contributed by atoms with Gasteiger partial charge in [-0.2, -0.15) is 5.26 Å². The summed E-state index contributed by atoms with van der Waals surface area (Å²) in [5.41, 5.74) is 1.61. The number of allylic oxidation sites excluding steroid dienone is 1. The monoisotopic (exact) mass is 260 g/mol. The molecule has 0 aliphatic carbocycles. The average molecular weight is 260 g/mol. The summed E-state index contributed by atoms with van der Waals surface area (Å²) in [5.74, 6) is 0. The van der Waals surface area contributed by atoms with Crippen LogP contribution < -0.4 is 0 Å². The minimum atomic E-state index is 0.646. The molecule has 0 spiro atoms. The highest BCUT2D eigenvalue weighted by molar-refractivity contribution is 7.13. The van der Waals surface area contributed by atoms with Crippen LogP contribution in [0.5, 0.6) is 0 Å². The lowest BCUT2D eigenvalue weighted by Gasteiger charge is -1.91. The Morgan fingerprint density at radius 3 is 2.88 bits per heavy atom. The van der Waals surface area contributed by atoms with Gasteiger partial charge in [0.05, 0.1) is 5.57 Å². The summed E-state index contributed by atoms with van der Waals surface area (Å²) in [5, 5.41) is 11.9. The van der Waals surface area contributed by atoms with Crippen molar-refractivity contribution in [2.75, 3.05) is 0 Å². The van der Waals surface area contributed by atoms with Crippen molar-refractivity contribution in [2.24, 2.45) is 0 Å². The van der Waals surface area contributed by atoms with E-state index in [1.807, 2.05) is 18.4 Å². The van der Waals surface area contributed by atoms with Crippen molar-refractivity contribution in [1.29, 1.82) is 5.26 Å². The van der Waals surface area contributed by atoms with Gasteiger partial charge in [0.2, 0.25) is 0 Å². The van der Waals surface area contributed by atoms with Gasteiger partial charge in [-0.05, 0) is 31.6 Å². The van der Waals surface area contributed by atoms with Gasteiger partial charge in [0.15, 0.2) is 0 Å². The molecule has 2 rings (SSSR count). The Hall–Kier alpha value is -1.44. The lowest BCUT2D eigenvalue weighted by atomic mass is 10.2. The molecule has 0 saturated heterocycles. The summed E-state index contributed by atoms with van der Waals surface area (Å²) in [4.78, 5) is 6.79. The van der Waals surface area contributed by atoms with Gasteiger partial charge in [-0.3, -0.25) is 0 Å². The van der Waals surface area contributed by atoms with Crippen LogP contribution in [-0.2, 0) is 6.42 Å². The zero-order valence-corrected chi connectivity index (χ0v) is 11.4. The van der Waals surface area contributed by atoms with Gasteiger partial charge in [-0.25, -0.2) is 4.98 Å². The molecular formula is C13H12N2S2. The minimum Gasteiger partial charge on any atom is -0.241 e. The molecule has 17 heavy (non-hydrogen) atoms. The first-order chi connectivity index (χ1) is 8.22. The smallest absolute Gasteiger partial charge is 0.134 e. The fraction of sp³-hybridized carbons (Fsp3) is 0.231. The van der Waals surface area contributed by atoms with Gasteiger partial charge in [0, 0.05) is 20.8 Å². The van der Waals surface area contributed by atoms with Crippen LogP contribution in [0, 0.1) is 18.3 Å². The maximum atomic E-state index is 9.17. The molecule has 2 aromatic rings. The summed E-state index contributed by atoms with van der Waals surface area (Å²) < 4.78 is 0. The molecule has 0 atom stereocenters. The second-order valence-corrected chi connectivity index (χ2v) is 5.68. The van der Waals surface area contributed by atoms with Crippen molar-refractivity contribution in [3.8, 4) is 6.07 Å². The number of hydrogen-bond donors (Lipinski definition) is 0. The van der Waals surface area contributed by atoms with Crippen molar-refractivity contribution < 1.29 is 0 Å². The first-order valence-electron chi connectivity index (χ1n) is 5.36. The molecule has 0 bridgehead atoms. The molecule has 0 radical (unpaired) electrons. The van der Waals surface area contributed by atoms with Gasteiger partial charge >= 0.3 is 0 Å². The molecule has 2 aromatic heterocycles. The number of hydrogen-bond acceptors (Lipinski definition) is 4. The molecule has 0 fully saturated rings. The molecule has 86 valence electrons. The summed E-state index contributed by atoms with van der Waals surface area (Å²) in [6, 6.07) is 6.39. The van der Waals surface area contributed by atoms with Crippen LogP contribution in [0.15, 0.2) is 17.5 Å². The third kappa shape index (κ3) is 2.82. The fourth-order valence-corrected chi connectivity index (χ4v) is 3.08. The first-order valence-corrected chi connectivity index (χ1v) is 7.05. The topological polar surface area (TPSA) is 36.7 Å². The summed E-state index contributed by atoms with van der Waals surface area (Å²) in [6.45, 7) is 4.07. The Kier molecular flexibility index (Phi) is 3.72. The normalized spacial score (nSPS) is 11.5. The van der Waals surface area contributed by atoms with Crippen molar-refractivity contribution in [1.82, 2.24) is 4.98 Å². The molecule has 0 N–H and O–H groups in total. The van der Waals surface area contributed by atoms with E-state index in [1.54, 1.807) is 11.3 Å². The number of aromatic nitrogens is 1. The van der Waals surface area contributed by atoms with Crippen molar-refractivity contribution >= 4 is 34.3 Å². The maximum absolute atomic E-state index is 9.17. The van der Waals surface area contributed by atoms with E-state index in [2.05, 4.69) is 30.1 Å². The highest BCUT2D eigenvalue weighted by Gasteiger charge is 2.06. The lowest BCUT2D eigenvalue weighted by molar-refractivity contribution is 1.19. The molecule has 0 aliphatic heterocycles. The molecular weight excluding hydrogens is 248 g/mol. The van der Waals surface area contributed by atoms with E-state index < -0.39 is 0 Å². The lowest BCUT2D eigenvalue weighted by Crippen LogP contribution is -1.79. The summed E-state index contributed by atoms with van der Waals surface area (Å²) in [7, 11) is 0. The van der Waals surface area contributed by atoms with Gasteiger partial charge in [0.1, 0.15) is 11.1 Å². The highest BCUT2D eigenvalue weighted by Crippen LogP contribution is 2.25. The molecule has 2 nitrogen and oxygen atoms in total. The Morgan fingerprint density at radius 2 is 2.35 bits per heavy atom. The van der Waals surface area contributed by atoms with Crippen LogP contribution in [0.2, 0.25) is 0 Å². The number of aryl methyl sites for hydroxylation is 2. The van der Waals surface area contributed by atoms with Crippen molar-refractivity contribution in [3.63, 3.8) is 0 Å². The predicted octanol–water partition coefficient (Wildman–Crippen LogP) is 4.14. The number of nitrogens with zero attached hydrogens (tertiary/aromatic N) is 2.